The van der Waals surface area contributed by atoms with Crippen LogP contribution in [0.1, 0.15) is 27.2 Å². The van der Waals surface area contributed by atoms with Gasteiger partial charge in [0.2, 0.25) is 0 Å². The molecule has 0 spiro atoms. The van der Waals surface area contributed by atoms with Gasteiger partial charge in [0, 0.05) is 18.6 Å². The normalized spacial score (nSPS) is 28.2. The minimum atomic E-state index is -0.240. The zero-order valence-electron chi connectivity index (χ0n) is 8.49. The summed E-state index contributed by atoms with van der Waals surface area (Å²) in [6.45, 7) is 6.37. The fourth-order valence-electron chi connectivity index (χ4n) is 1.49. The van der Waals surface area contributed by atoms with E-state index >= 15 is 0 Å². The second-order valence-corrected chi connectivity index (χ2v) is 3.82. The van der Waals surface area contributed by atoms with E-state index in [1.165, 1.54) is 0 Å². The number of hydrogen-bond acceptors (Lipinski definition) is 3. The molecule has 0 aromatic heterocycles. The van der Waals surface area contributed by atoms with Gasteiger partial charge in [0.25, 0.3) is 0 Å². The summed E-state index contributed by atoms with van der Waals surface area (Å²) >= 11 is 0. The van der Waals surface area contributed by atoms with Crippen LogP contribution in [0.2, 0.25) is 0 Å². The van der Waals surface area contributed by atoms with Gasteiger partial charge in [-0.25, -0.2) is 4.79 Å². The summed E-state index contributed by atoms with van der Waals surface area (Å²) in [6, 6.07) is 0.200. The summed E-state index contributed by atoms with van der Waals surface area (Å²) < 4.78 is 5.08. The largest absolute Gasteiger partial charge is 0.447 e. The van der Waals surface area contributed by atoms with Gasteiger partial charge >= 0.3 is 6.09 Å². The van der Waals surface area contributed by atoms with Crippen LogP contribution in [0.4, 0.5) is 4.79 Å². The van der Waals surface area contributed by atoms with Crippen molar-refractivity contribution in [1.82, 2.24) is 4.90 Å². The highest BCUT2D eigenvalue weighted by Crippen LogP contribution is 2.17. The Kier molecular flexibility index (Phi) is 3.14. The molecule has 2 N–H and O–H groups in total. The zero-order chi connectivity index (χ0) is 10.0. The lowest BCUT2D eigenvalue weighted by atomic mass is 10.2. The van der Waals surface area contributed by atoms with Crippen molar-refractivity contribution in [3.05, 3.63) is 0 Å². The molecular formula is C9H18N2O2. The highest BCUT2D eigenvalue weighted by molar-refractivity contribution is 5.68. The van der Waals surface area contributed by atoms with Gasteiger partial charge in [0.1, 0.15) is 0 Å². The van der Waals surface area contributed by atoms with Crippen molar-refractivity contribution in [1.29, 1.82) is 0 Å². The molecule has 1 aliphatic heterocycles. The van der Waals surface area contributed by atoms with Crippen molar-refractivity contribution in [2.45, 2.75) is 45.4 Å². The van der Waals surface area contributed by atoms with Crippen molar-refractivity contribution in [3.8, 4) is 0 Å². The van der Waals surface area contributed by atoms with E-state index in [0.29, 0.717) is 6.54 Å². The van der Waals surface area contributed by atoms with Crippen molar-refractivity contribution >= 4 is 6.09 Å². The number of ether oxygens (including phenoxy) is 1. The number of nitrogens with zero attached hydrogens (tertiary/aromatic N) is 1. The van der Waals surface area contributed by atoms with E-state index in [2.05, 4.69) is 0 Å². The molecule has 1 amide bonds. The first-order valence-electron chi connectivity index (χ1n) is 4.75. The molecule has 1 aliphatic rings. The average Bonchev–Trinajstić information content (AvgIpc) is 2.31. The van der Waals surface area contributed by atoms with Crippen molar-refractivity contribution < 1.29 is 9.53 Å². The Morgan fingerprint density at radius 2 is 2.23 bits per heavy atom. The predicted octanol–water partition coefficient (Wildman–Crippen LogP) is 0.953. The van der Waals surface area contributed by atoms with Gasteiger partial charge in [0.05, 0.1) is 6.10 Å². The Morgan fingerprint density at radius 3 is 2.62 bits per heavy atom. The summed E-state index contributed by atoms with van der Waals surface area (Å²) in [5.41, 5.74) is 5.79. The lowest BCUT2D eigenvalue weighted by Gasteiger charge is -2.23. The van der Waals surface area contributed by atoms with Gasteiger partial charge in [0.15, 0.2) is 0 Å². The smallest absolute Gasteiger partial charge is 0.410 e. The van der Waals surface area contributed by atoms with Crippen LogP contribution in [0.5, 0.6) is 0 Å². The van der Waals surface area contributed by atoms with Crippen LogP contribution in [0, 0.1) is 0 Å². The van der Waals surface area contributed by atoms with E-state index in [-0.39, 0.29) is 24.3 Å². The SMILES string of the molecule is CC(C)OC(=O)N1CCC(N)C1C. The molecule has 4 heteroatoms. The molecule has 0 radical (unpaired) electrons. The first kappa shape index (κ1) is 10.3. The van der Waals surface area contributed by atoms with Gasteiger partial charge in [-0.2, -0.15) is 0 Å². The lowest BCUT2D eigenvalue weighted by Crippen LogP contribution is -2.41. The molecule has 2 unspecified atom stereocenters. The molecule has 76 valence electrons. The van der Waals surface area contributed by atoms with Gasteiger partial charge in [-0.1, -0.05) is 0 Å². The summed E-state index contributed by atoms with van der Waals surface area (Å²) in [4.78, 5) is 13.2. The molecule has 0 aromatic carbocycles. The number of nitrogens with two attached hydrogens (primary N) is 1. The van der Waals surface area contributed by atoms with Crippen molar-refractivity contribution in [2.24, 2.45) is 5.73 Å². The molecule has 1 fully saturated rings. The van der Waals surface area contributed by atoms with E-state index in [4.69, 9.17) is 10.5 Å². The van der Waals surface area contributed by atoms with Crippen LogP contribution in [0.25, 0.3) is 0 Å². The standard InChI is InChI=1S/C9H18N2O2/c1-6(2)13-9(12)11-5-4-8(10)7(11)3/h6-8H,4-5,10H2,1-3H3. The van der Waals surface area contributed by atoms with Crippen LogP contribution in [0.3, 0.4) is 0 Å². The number of carbonyl (C=O) groups is 1. The molecular weight excluding hydrogens is 168 g/mol. The summed E-state index contributed by atoms with van der Waals surface area (Å²) in [5, 5.41) is 0. The third-order valence-corrected chi connectivity index (χ3v) is 2.39. The predicted molar refractivity (Wildman–Crippen MR) is 50.4 cm³/mol. The van der Waals surface area contributed by atoms with E-state index in [0.717, 1.165) is 6.42 Å². The third-order valence-electron chi connectivity index (χ3n) is 2.39. The molecule has 1 saturated heterocycles. The van der Waals surface area contributed by atoms with Crippen molar-refractivity contribution in [2.75, 3.05) is 6.54 Å². The van der Waals surface area contributed by atoms with E-state index in [9.17, 15) is 4.79 Å². The molecule has 2 atom stereocenters. The zero-order valence-corrected chi connectivity index (χ0v) is 8.49. The van der Waals surface area contributed by atoms with Gasteiger partial charge in [-0.05, 0) is 27.2 Å². The topological polar surface area (TPSA) is 55.6 Å². The molecule has 1 heterocycles. The Labute approximate surface area is 79.0 Å². The Hall–Kier alpha value is -0.770. The summed E-state index contributed by atoms with van der Waals surface area (Å²) in [7, 11) is 0. The monoisotopic (exact) mass is 186 g/mol. The lowest BCUT2D eigenvalue weighted by molar-refractivity contribution is 0.0744. The molecule has 0 aliphatic carbocycles. The van der Waals surface area contributed by atoms with Crippen LogP contribution in [0.15, 0.2) is 0 Å². The van der Waals surface area contributed by atoms with Gasteiger partial charge < -0.3 is 15.4 Å². The maximum atomic E-state index is 11.5. The van der Waals surface area contributed by atoms with Gasteiger partial charge in [-0.3, -0.25) is 0 Å². The van der Waals surface area contributed by atoms with Crippen LogP contribution in [-0.4, -0.2) is 35.7 Å². The highest BCUT2D eigenvalue weighted by atomic mass is 16.6. The third kappa shape index (κ3) is 2.34. The fourth-order valence-corrected chi connectivity index (χ4v) is 1.49. The number of rotatable bonds is 1. The van der Waals surface area contributed by atoms with Crippen LogP contribution in [-0.2, 0) is 4.74 Å². The number of likely N-dealkylation sites (tertiary alicyclic amines) is 1. The van der Waals surface area contributed by atoms with Crippen LogP contribution < -0.4 is 5.73 Å². The minimum absolute atomic E-state index is 0.0588. The quantitative estimate of drug-likeness (QED) is 0.663. The summed E-state index contributed by atoms with van der Waals surface area (Å²) in [5.74, 6) is 0. The number of carbonyl (C=O) groups excluding carboxylic acids is 1. The maximum Gasteiger partial charge on any atom is 0.410 e. The average molecular weight is 186 g/mol. The molecule has 0 saturated carbocycles. The fraction of sp³-hybridized carbons (Fsp3) is 0.889. The summed E-state index contributed by atoms with van der Waals surface area (Å²) in [6.07, 6.45) is 0.570. The second-order valence-electron chi connectivity index (χ2n) is 3.82. The minimum Gasteiger partial charge on any atom is -0.447 e. The number of amides is 1. The van der Waals surface area contributed by atoms with E-state index < -0.39 is 0 Å². The van der Waals surface area contributed by atoms with E-state index in [1.807, 2.05) is 20.8 Å². The maximum absolute atomic E-state index is 11.5. The molecule has 0 aromatic rings. The van der Waals surface area contributed by atoms with Crippen LogP contribution >= 0.6 is 0 Å². The first-order valence-corrected chi connectivity index (χ1v) is 4.75. The Bertz CT molecular complexity index is 194. The molecule has 0 bridgehead atoms. The Balaban J connectivity index is 2.48. The van der Waals surface area contributed by atoms with E-state index in [1.54, 1.807) is 4.90 Å². The second kappa shape index (κ2) is 3.96. The van der Waals surface area contributed by atoms with Crippen molar-refractivity contribution in [3.63, 3.8) is 0 Å². The molecule has 4 nitrogen and oxygen atoms in total. The number of hydrogen-bond donors (Lipinski definition) is 1. The molecule has 13 heavy (non-hydrogen) atoms. The Morgan fingerprint density at radius 1 is 1.62 bits per heavy atom. The molecule has 1 rings (SSSR count). The highest BCUT2D eigenvalue weighted by Gasteiger charge is 2.32. The van der Waals surface area contributed by atoms with Gasteiger partial charge in [-0.15, -0.1) is 0 Å². The first-order chi connectivity index (χ1) is 6.02.